The first-order valence-electron chi connectivity index (χ1n) is 11.9. The number of nitrogens with zero attached hydrogens (tertiary/aromatic N) is 2. The predicted octanol–water partition coefficient (Wildman–Crippen LogP) is 5.10. The molecule has 7 heteroatoms. The van der Waals surface area contributed by atoms with Crippen LogP contribution in [-0.2, 0) is 11.8 Å². The third-order valence-corrected chi connectivity index (χ3v) is 6.71. The van der Waals surface area contributed by atoms with Crippen LogP contribution >= 0.6 is 0 Å². The van der Waals surface area contributed by atoms with Crippen molar-refractivity contribution in [3.63, 3.8) is 0 Å². The van der Waals surface area contributed by atoms with Gasteiger partial charge in [-0.3, -0.25) is 0 Å². The summed E-state index contributed by atoms with van der Waals surface area (Å²) in [7, 11) is 10.2. The molecule has 7 nitrogen and oxygen atoms in total. The zero-order valence-corrected chi connectivity index (χ0v) is 22.4. The number of ether oxygens (including phenoxy) is 5. The highest BCUT2D eigenvalue weighted by molar-refractivity contribution is 5.59. The highest BCUT2D eigenvalue weighted by Gasteiger charge is 2.39. The van der Waals surface area contributed by atoms with E-state index in [0.717, 1.165) is 43.0 Å². The van der Waals surface area contributed by atoms with Crippen LogP contribution in [0.5, 0.6) is 28.7 Å². The van der Waals surface area contributed by atoms with Crippen LogP contribution in [-0.4, -0.2) is 60.6 Å². The monoisotopic (exact) mass is 484 g/mol. The number of hydrogen-bond donors (Lipinski definition) is 0. The first kappa shape index (κ1) is 28.1. The Kier molecular flexibility index (Phi) is 10.5. The minimum absolute atomic E-state index is 0.0802. The lowest BCUT2D eigenvalue weighted by molar-refractivity contribution is 0.281. The average Bonchev–Trinajstić information content (AvgIpc) is 2.88. The largest absolute Gasteiger partial charge is 0.493 e. The van der Waals surface area contributed by atoms with Gasteiger partial charge < -0.3 is 28.6 Å². The number of hydrogen-bond acceptors (Lipinski definition) is 7. The summed E-state index contributed by atoms with van der Waals surface area (Å²) < 4.78 is 27.5. The van der Waals surface area contributed by atoms with E-state index in [-0.39, 0.29) is 5.92 Å². The van der Waals surface area contributed by atoms with E-state index in [0.29, 0.717) is 23.7 Å². The fourth-order valence-electron chi connectivity index (χ4n) is 4.53. The summed E-state index contributed by atoms with van der Waals surface area (Å²) in [5.74, 6) is 3.21. The molecule has 0 saturated carbocycles. The van der Waals surface area contributed by atoms with Crippen LogP contribution in [0.4, 0.5) is 0 Å². The van der Waals surface area contributed by atoms with E-state index in [4.69, 9.17) is 23.7 Å². The van der Waals surface area contributed by atoms with Gasteiger partial charge in [0.05, 0.1) is 47.0 Å². The van der Waals surface area contributed by atoms with Crippen molar-refractivity contribution >= 4 is 0 Å². The molecular formula is C28H40N2O5. The van der Waals surface area contributed by atoms with Gasteiger partial charge >= 0.3 is 0 Å². The summed E-state index contributed by atoms with van der Waals surface area (Å²) >= 11 is 0. The lowest BCUT2D eigenvalue weighted by Gasteiger charge is -2.34. The molecular weight excluding hydrogens is 444 g/mol. The number of rotatable bonds is 14. The molecule has 0 fully saturated rings. The van der Waals surface area contributed by atoms with Gasteiger partial charge in [-0.05, 0) is 68.6 Å². The molecule has 1 atom stereocenters. The van der Waals surface area contributed by atoms with Crippen LogP contribution in [0.3, 0.4) is 0 Å². The van der Waals surface area contributed by atoms with Crippen LogP contribution in [0.2, 0.25) is 0 Å². The van der Waals surface area contributed by atoms with Gasteiger partial charge in [0.25, 0.3) is 0 Å². The molecule has 0 spiro atoms. The summed E-state index contributed by atoms with van der Waals surface area (Å²) in [5, 5.41) is 10.4. The van der Waals surface area contributed by atoms with Gasteiger partial charge in [-0.15, -0.1) is 0 Å². The molecule has 0 bridgehead atoms. The van der Waals surface area contributed by atoms with E-state index in [1.54, 1.807) is 35.5 Å². The highest BCUT2D eigenvalue weighted by atomic mass is 16.5. The second kappa shape index (κ2) is 13.1. The molecule has 0 aromatic heterocycles. The van der Waals surface area contributed by atoms with Crippen molar-refractivity contribution < 1.29 is 23.7 Å². The second-order valence-electron chi connectivity index (χ2n) is 8.97. The fraction of sp³-hybridized carbons (Fsp3) is 0.536. The van der Waals surface area contributed by atoms with E-state index < -0.39 is 5.41 Å². The molecule has 0 aliphatic heterocycles. The van der Waals surface area contributed by atoms with Crippen LogP contribution in [0.15, 0.2) is 30.3 Å². The van der Waals surface area contributed by atoms with Crippen LogP contribution < -0.4 is 23.7 Å². The van der Waals surface area contributed by atoms with Crippen molar-refractivity contribution in [1.29, 1.82) is 5.26 Å². The van der Waals surface area contributed by atoms with Crippen LogP contribution in [0.1, 0.15) is 37.8 Å². The van der Waals surface area contributed by atoms with E-state index in [2.05, 4.69) is 37.9 Å². The standard InChI is InChI=1S/C28H40N2O5/c1-20(2)28(19-29,22-11-13-24(32-5)27(35-8)26(22)34-7)15-9-16-30(3)17-14-21-10-12-23(31-4)25(18-21)33-6/h10-13,18,20H,9,14-17H2,1-8H3/t28-/m1/s1. The van der Waals surface area contributed by atoms with E-state index >= 15 is 0 Å². The first-order chi connectivity index (χ1) is 16.8. The van der Waals surface area contributed by atoms with Crippen molar-refractivity contribution in [3.05, 3.63) is 41.5 Å². The van der Waals surface area contributed by atoms with E-state index in [1.807, 2.05) is 24.3 Å². The molecule has 2 aromatic carbocycles. The van der Waals surface area contributed by atoms with Gasteiger partial charge in [0.1, 0.15) is 0 Å². The third kappa shape index (κ3) is 6.32. The maximum absolute atomic E-state index is 10.4. The van der Waals surface area contributed by atoms with Gasteiger partial charge in [-0.25, -0.2) is 0 Å². The van der Waals surface area contributed by atoms with E-state index in [1.165, 1.54) is 5.56 Å². The molecule has 2 aromatic rings. The Labute approximate surface area is 210 Å². The number of nitriles is 1. The average molecular weight is 485 g/mol. The van der Waals surface area contributed by atoms with Crippen molar-refractivity contribution in [1.82, 2.24) is 4.90 Å². The molecule has 0 heterocycles. The lowest BCUT2D eigenvalue weighted by atomic mass is 9.69. The van der Waals surface area contributed by atoms with E-state index in [9.17, 15) is 5.26 Å². The molecule has 0 radical (unpaired) electrons. The van der Waals surface area contributed by atoms with Gasteiger partial charge in [0.2, 0.25) is 5.75 Å². The quantitative estimate of drug-likeness (QED) is 0.369. The van der Waals surface area contributed by atoms with Crippen LogP contribution in [0, 0.1) is 17.2 Å². The summed E-state index contributed by atoms with van der Waals surface area (Å²) in [6.45, 7) is 5.94. The molecule has 192 valence electrons. The topological polar surface area (TPSA) is 73.2 Å². The van der Waals surface area contributed by atoms with Gasteiger partial charge in [0, 0.05) is 12.1 Å². The lowest BCUT2D eigenvalue weighted by Crippen LogP contribution is -2.33. The zero-order valence-electron chi connectivity index (χ0n) is 22.4. The van der Waals surface area contributed by atoms with Gasteiger partial charge in [-0.1, -0.05) is 19.9 Å². The molecule has 2 rings (SSSR count). The maximum Gasteiger partial charge on any atom is 0.203 e. The van der Waals surface area contributed by atoms with Crippen LogP contribution in [0.25, 0.3) is 0 Å². The zero-order chi connectivity index (χ0) is 26.0. The molecule has 0 unspecified atom stereocenters. The minimum Gasteiger partial charge on any atom is -0.493 e. The molecule has 0 saturated heterocycles. The number of likely N-dealkylation sites (N-methyl/N-ethyl adjacent to an activating group) is 1. The SMILES string of the molecule is COc1ccc(CCN(C)CCC[C@](C#N)(c2ccc(OC)c(OC)c2OC)C(C)C)cc1OC. The summed E-state index contributed by atoms with van der Waals surface area (Å²) in [4.78, 5) is 2.30. The number of benzene rings is 2. The summed E-state index contributed by atoms with van der Waals surface area (Å²) in [6.07, 6.45) is 2.47. The molecule has 0 N–H and O–H groups in total. The summed E-state index contributed by atoms with van der Waals surface area (Å²) in [5.41, 5.74) is 1.32. The molecule has 35 heavy (non-hydrogen) atoms. The smallest absolute Gasteiger partial charge is 0.203 e. The predicted molar refractivity (Wildman–Crippen MR) is 138 cm³/mol. The molecule has 0 amide bonds. The third-order valence-electron chi connectivity index (χ3n) is 6.71. The summed E-state index contributed by atoms with van der Waals surface area (Å²) in [6, 6.07) is 12.4. The Balaban J connectivity index is 2.13. The van der Waals surface area contributed by atoms with Crippen molar-refractivity contribution in [3.8, 4) is 34.8 Å². The highest BCUT2D eigenvalue weighted by Crippen LogP contribution is 2.48. The van der Waals surface area contributed by atoms with Crippen molar-refractivity contribution in [2.24, 2.45) is 5.92 Å². The van der Waals surface area contributed by atoms with Gasteiger partial charge in [0.15, 0.2) is 23.0 Å². The maximum atomic E-state index is 10.4. The minimum atomic E-state index is -0.713. The van der Waals surface area contributed by atoms with Crippen molar-refractivity contribution in [2.45, 2.75) is 38.5 Å². The Morgan fingerprint density at radius 3 is 2.00 bits per heavy atom. The Hall–Kier alpha value is -3.11. The molecule has 0 aliphatic rings. The Morgan fingerprint density at radius 2 is 1.46 bits per heavy atom. The van der Waals surface area contributed by atoms with Gasteiger partial charge in [-0.2, -0.15) is 5.26 Å². The first-order valence-corrected chi connectivity index (χ1v) is 11.9. The number of methoxy groups -OCH3 is 5. The Bertz CT molecular complexity index is 1000. The second-order valence-corrected chi connectivity index (χ2v) is 8.97. The molecule has 0 aliphatic carbocycles. The Morgan fingerprint density at radius 1 is 0.829 bits per heavy atom. The van der Waals surface area contributed by atoms with Crippen molar-refractivity contribution in [2.75, 3.05) is 55.7 Å². The fourth-order valence-corrected chi connectivity index (χ4v) is 4.53. The normalized spacial score (nSPS) is 12.7.